The van der Waals surface area contributed by atoms with E-state index in [2.05, 4.69) is 27.9 Å². The molecule has 108 valence electrons. The van der Waals surface area contributed by atoms with Gasteiger partial charge in [-0.15, -0.1) is 0 Å². The first kappa shape index (κ1) is 16.6. The van der Waals surface area contributed by atoms with Crippen molar-refractivity contribution in [2.75, 3.05) is 20.1 Å². The highest BCUT2D eigenvalue weighted by atomic mass is 79.9. The van der Waals surface area contributed by atoms with Crippen LogP contribution in [0.5, 0.6) is 0 Å². The summed E-state index contributed by atoms with van der Waals surface area (Å²) in [5.74, 6) is -0.125. The highest BCUT2D eigenvalue weighted by Crippen LogP contribution is 2.16. The predicted octanol–water partition coefficient (Wildman–Crippen LogP) is 3.58. The Kier molecular flexibility index (Phi) is 6.43. The third kappa shape index (κ3) is 7.04. The van der Waals surface area contributed by atoms with Gasteiger partial charge >= 0.3 is 0 Å². The summed E-state index contributed by atoms with van der Waals surface area (Å²) in [6.07, 6.45) is 2.80. The van der Waals surface area contributed by atoms with Crippen LogP contribution >= 0.6 is 15.9 Å². The number of rotatable bonds is 7. The molecule has 1 rings (SSSR count). The van der Waals surface area contributed by atoms with Gasteiger partial charge in [-0.25, -0.2) is 4.39 Å². The van der Waals surface area contributed by atoms with Gasteiger partial charge in [0.25, 0.3) is 0 Å². The van der Waals surface area contributed by atoms with Crippen LogP contribution < -0.4 is 5.73 Å². The van der Waals surface area contributed by atoms with Crippen LogP contribution in [0, 0.1) is 5.82 Å². The second-order valence-corrected chi connectivity index (χ2v) is 6.80. The Bertz CT molecular complexity index is 402. The van der Waals surface area contributed by atoms with Crippen LogP contribution in [0.3, 0.4) is 0 Å². The largest absolute Gasteiger partial charge is 0.326 e. The fourth-order valence-electron chi connectivity index (χ4n) is 1.96. The monoisotopic (exact) mass is 330 g/mol. The van der Waals surface area contributed by atoms with Gasteiger partial charge in [0.2, 0.25) is 0 Å². The van der Waals surface area contributed by atoms with Crippen molar-refractivity contribution in [3.8, 4) is 0 Å². The van der Waals surface area contributed by atoms with E-state index in [0.29, 0.717) is 0 Å². The van der Waals surface area contributed by atoms with Gasteiger partial charge in [0.1, 0.15) is 5.82 Å². The van der Waals surface area contributed by atoms with Crippen LogP contribution in [-0.2, 0) is 6.42 Å². The number of hydrogen-bond donors (Lipinski definition) is 1. The lowest BCUT2D eigenvalue weighted by Gasteiger charge is -2.21. The molecule has 0 amide bonds. The summed E-state index contributed by atoms with van der Waals surface area (Å²) in [5, 5.41) is 0. The maximum atomic E-state index is 13.6. The van der Waals surface area contributed by atoms with Crippen molar-refractivity contribution in [1.82, 2.24) is 4.90 Å². The standard InChI is InChI=1S/C15H24BrFN2/c1-15(2,18)8-4-9-19(3)10-7-12-11-13(16)5-6-14(12)17/h5-6,11H,4,7-10,18H2,1-3H3. The van der Waals surface area contributed by atoms with Crippen molar-refractivity contribution in [1.29, 1.82) is 0 Å². The van der Waals surface area contributed by atoms with Crippen molar-refractivity contribution >= 4 is 15.9 Å². The predicted molar refractivity (Wildman–Crippen MR) is 82.8 cm³/mol. The van der Waals surface area contributed by atoms with E-state index in [0.717, 1.165) is 42.4 Å². The van der Waals surface area contributed by atoms with Gasteiger partial charge in [-0.1, -0.05) is 15.9 Å². The lowest BCUT2D eigenvalue weighted by atomic mass is 10.00. The number of nitrogens with two attached hydrogens (primary N) is 1. The summed E-state index contributed by atoms with van der Waals surface area (Å²) in [6, 6.07) is 5.09. The molecule has 0 radical (unpaired) electrons. The molecule has 0 bridgehead atoms. The Hall–Kier alpha value is -0.450. The number of nitrogens with zero attached hydrogens (tertiary/aromatic N) is 1. The minimum Gasteiger partial charge on any atom is -0.326 e. The maximum absolute atomic E-state index is 13.6. The van der Waals surface area contributed by atoms with Gasteiger partial charge in [0.05, 0.1) is 0 Å². The molecule has 0 fully saturated rings. The zero-order valence-electron chi connectivity index (χ0n) is 12.0. The fourth-order valence-corrected chi connectivity index (χ4v) is 2.37. The van der Waals surface area contributed by atoms with E-state index in [1.807, 2.05) is 19.9 Å². The Morgan fingerprint density at radius 2 is 2.00 bits per heavy atom. The zero-order valence-corrected chi connectivity index (χ0v) is 13.6. The Balaban J connectivity index is 2.34. The van der Waals surface area contributed by atoms with Crippen LogP contribution in [0.1, 0.15) is 32.3 Å². The van der Waals surface area contributed by atoms with Crippen LogP contribution in [0.4, 0.5) is 4.39 Å². The SMILES string of the molecule is CN(CCCC(C)(C)N)CCc1cc(Br)ccc1F. The molecule has 0 heterocycles. The van der Waals surface area contributed by atoms with E-state index in [1.54, 1.807) is 6.07 Å². The van der Waals surface area contributed by atoms with Crippen molar-refractivity contribution < 1.29 is 4.39 Å². The van der Waals surface area contributed by atoms with Gasteiger partial charge in [0, 0.05) is 16.6 Å². The lowest BCUT2D eigenvalue weighted by molar-refractivity contribution is 0.311. The van der Waals surface area contributed by atoms with Crippen LogP contribution in [0.15, 0.2) is 22.7 Å². The summed E-state index contributed by atoms with van der Waals surface area (Å²) in [7, 11) is 2.07. The summed E-state index contributed by atoms with van der Waals surface area (Å²) in [5.41, 5.74) is 6.61. The molecule has 2 N–H and O–H groups in total. The Morgan fingerprint density at radius 1 is 1.32 bits per heavy atom. The van der Waals surface area contributed by atoms with Crippen LogP contribution in [-0.4, -0.2) is 30.6 Å². The van der Waals surface area contributed by atoms with Crippen LogP contribution in [0.2, 0.25) is 0 Å². The normalized spacial score (nSPS) is 12.2. The summed E-state index contributed by atoms with van der Waals surface area (Å²) in [6.45, 7) is 5.95. The van der Waals surface area contributed by atoms with Crippen molar-refractivity contribution in [3.63, 3.8) is 0 Å². The summed E-state index contributed by atoms with van der Waals surface area (Å²) in [4.78, 5) is 2.23. The molecular weight excluding hydrogens is 307 g/mol. The molecular formula is C15H24BrFN2. The number of hydrogen-bond acceptors (Lipinski definition) is 2. The molecule has 0 aliphatic heterocycles. The highest BCUT2D eigenvalue weighted by Gasteiger charge is 2.10. The first-order valence-electron chi connectivity index (χ1n) is 6.69. The fraction of sp³-hybridized carbons (Fsp3) is 0.600. The molecule has 0 unspecified atom stereocenters. The van der Waals surface area contributed by atoms with Gasteiger partial charge in [-0.3, -0.25) is 0 Å². The van der Waals surface area contributed by atoms with Crippen LogP contribution in [0.25, 0.3) is 0 Å². The van der Waals surface area contributed by atoms with Crippen molar-refractivity contribution in [2.45, 2.75) is 38.6 Å². The first-order chi connectivity index (χ1) is 8.78. The molecule has 1 aromatic rings. The molecule has 2 nitrogen and oxygen atoms in total. The van der Waals surface area contributed by atoms with E-state index in [1.165, 1.54) is 6.07 Å². The molecule has 4 heteroatoms. The molecule has 1 aromatic carbocycles. The topological polar surface area (TPSA) is 29.3 Å². The average molecular weight is 331 g/mol. The first-order valence-corrected chi connectivity index (χ1v) is 7.48. The minimum atomic E-state index is -0.125. The molecule has 0 aliphatic carbocycles. The van der Waals surface area contributed by atoms with Gasteiger partial charge in [0.15, 0.2) is 0 Å². The van der Waals surface area contributed by atoms with Crippen molar-refractivity contribution in [3.05, 3.63) is 34.1 Å². The second kappa shape index (κ2) is 7.36. The second-order valence-electron chi connectivity index (χ2n) is 5.88. The third-order valence-corrected chi connectivity index (χ3v) is 3.62. The van der Waals surface area contributed by atoms with Crippen molar-refractivity contribution in [2.24, 2.45) is 5.73 Å². The van der Waals surface area contributed by atoms with E-state index >= 15 is 0 Å². The molecule has 0 atom stereocenters. The van der Waals surface area contributed by atoms with E-state index in [9.17, 15) is 4.39 Å². The zero-order chi connectivity index (χ0) is 14.5. The quantitative estimate of drug-likeness (QED) is 0.827. The Labute approximate surface area is 124 Å². The average Bonchev–Trinajstić information content (AvgIpc) is 2.28. The molecule has 0 saturated carbocycles. The van der Waals surface area contributed by atoms with E-state index < -0.39 is 0 Å². The number of benzene rings is 1. The highest BCUT2D eigenvalue weighted by molar-refractivity contribution is 9.10. The number of halogens is 2. The smallest absolute Gasteiger partial charge is 0.126 e. The van der Waals surface area contributed by atoms with Gasteiger partial charge < -0.3 is 10.6 Å². The van der Waals surface area contributed by atoms with Gasteiger partial charge in [-0.05, 0) is 70.5 Å². The minimum absolute atomic E-state index is 0.1000. The molecule has 0 aliphatic rings. The molecule has 0 aromatic heterocycles. The maximum Gasteiger partial charge on any atom is 0.126 e. The molecule has 0 spiro atoms. The molecule has 0 saturated heterocycles. The lowest BCUT2D eigenvalue weighted by Crippen LogP contribution is -2.33. The number of likely N-dealkylation sites (N-methyl/N-ethyl adjacent to an activating group) is 1. The summed E-state index contributed by atoms with van der Waals surface area (Å²) < 4.78 is 14.5. The van der Waals surface area contributed by atoms with Gasteiger partial charge in [-0.2, -0.15) is 0 Å². The Morgan fingerprint density at radius 3 is 2.63 bits per heavy atom. The third-order valence-electron chi connectivity index (χ3n) is 3.13. The van der Waals surface area contributed by atoms with E-state index in [-0.39, 0.29) is 11.4 Å². The summed E-state index contributed by atoms with van der Waals surface area (Å²) >= 11 is 3.37. The molecule has 19 heavy (non-hydrogen) atoms. The van der Waals surface area contributed by atoms with E-state index in [4.69, 9.17) is 5.73 Å².